The van der Waals surface area contributed by atoms with Crippen LogP contribution in [0.15, 0.2) is 30.3 Å². The molecule has 2 heteroatoms. The van der Waals surface area contributed by atoms with Gasteiger partial charge in [0.15, 0.2) is 5.78 Å². The molecule has 1 aliphatic carbocycles. The highest BCUT2D eigenvalue weighted by Gasteiger charge is 2.29. The second-order valence-corrected chi connectivity index (χ2v) is 4.74. The zero-order chi connectivity index (χ0) is 12.1. The van der Waals surface area contributed by atoms with Crippen LogP contribution in [0.4, 0.5) is 0 Å². The van der Waals surface area contributed by atoms with E-state index < -0.39 is 5.92 Å². The number of carbonyl (C=O) groups excluding carboxylic acids is 1. The van der Waals surface area contributed by atoms with E-state index in [0.717, 1.165) is 25.7 Å². The molecule has 1 fully saturated rings. The molecule has 1 aliphatic rings. The fraction of sp³-hybridized carbons (Fsp3) is 0.467. The Morgan fingerprint density at radius 3 is 2.41 bits per heavy atom. The van der Waals surface area contributed by atoms with Crippen molar-refractivity contribution in [3.63, 3.8) is 0 Å². The summed E-state index contributed by atoms with van der Waals surface area (Å²) in [5.41, 5.74) is 0.671. The van der Waals surface area contributed by atoms with Crippen molar-refractivity contribution in [1.82, 2.24) is 0 Å². The average molecular weight is 227 g/mol. The summed E-state index contributed by atoms with van der Waals surface area (Å²) in [7, 11) is 0. The van der Waals surface area contributed by atoms with E-state index in [1.54, 1.807) is 12.1 Å². The second-order valence-electron chi connectivity index (χ2n) is 4.74. The van der Waals surface area contributed by atoms with Gasteiger partial charge >= 0.3 is 0 Å². The topological polar surface area (TPSA) is 40.9 Å². The first-order chi connectivity index (χ1) is 8.33. The van der Waals surface area contributed by atoms with Crippen molar-refractivity contribution in [2.45, 2.75) is 32.1 Å². The number of hydrogen-bond donors (Lipinski definition) is 0. The molecule has 0 saturated heterocycles. The van der Waals surface area contributed by atoms with E-state index in [4.69, 9.17) is 0 Å². The number of hydrogen-bond acceptors (Lipinski definition) is 2. The Morgan fingerprint density at radius 1 is 1.18 bits per heavy atom. The normalized spacial score (nSPS) is 18.3. The van der Waals surface area contributed by atoms with Gasteiger partial charge in [-0.15, -0.1) is 0 Å². The first-order valence-corrected chi connectivity index (χ1v) is 6.32. The SMILES string of the molecule is N#CC(C(=O)c1ccccc1)C1CCCCC1. The summed E-state index contributed by atoms with van der Waals surface area (Å²) in [4.78, 5) is 12.3. The van der Waals surface area contributed by atoms with Gasteiger partial charge in [0.1, 0.15) is 5.92 Å². The van der Waals surface area contributed by atoms with Crippen molar-refractivity contribution >= 4 is 5.78 Å². The minimum Gasteiger partial charge on any atom is -0.293 e. The zero-order valence-electron chi connectivity index (χ0n) is 9.93. The molecule has 0 heterocycles. The number of carbonyl (C=O) groups is 1. The molecule has 2 rings (SSSR count). The van der Waals surface area contributed by atoms with Gasteiger partial charge < -0.3 is 0 Å². The van der Waals surface area contributed by atoms with E-state index in [1.807, 2.05) is 18.2 Å². The Kier molecular flexibility index (Phi) is 3.93. The lowest BCUT2D eigenvalue weighted by atomic mass is 9.77. The maximum Gasteiger partial charge on any atom is 0.180 e. The fourth-order valence-corrected chi connectivity index (χ4v) is 2.63. The average Bonchev–Trinajstić information content (AvgIpc) is 2.42. The van der Waals surface area contributed by atoms with Crippen molar-refractivity contribution in [2.24, 2.45) is 11.8 Å². The summed E-state index contributed by atoms with van der Waals surface area (Å²) >= 11 is 0. The van der Waals surface area contributed by atoms with Gasteiger partial charge in [-0.05, 0) is 18.8 Å². The lowest BCUT2D eigenvalue weighted by Gasteiger charge is -2.24. The molecule has 1 aromatic rings. The van der Waals surface area contributed by atoms with Crippen molar-refractivity contribution < 1.29 is 4.79 Å². The Morgan fingerprint density at radius 2 is 1.82 bits per heavy atom. The highest BCUT2D eigenvalue weighted by Crippen LogP contribution is 2.31. The molecule has 0 radical (unpaired) electrons. The van der Waals surface area contributed by atoms with Crippen LogP contribution in [-0.4, -0.2) is 5.78 Å². The van der Waals surface area contributed by atoms with Gasteiger partial charge in [0.25, 0.3) is 0 Å². The molecular weight excluding hydrogens is 210 g/mol. The molecule has 1 aromatic carbocycles. The van der Waals surface area contributed by atoms with Crippen LogP contribution in [0.1, 0.15) is 42.5 Å². The highest BCUT2D eigenvalue weighted by atomic mass is 16.1. The lowest BCUT2D eigenvalue weighted by Crippen LogP contribution is -2.24. The highest BCUT2D eigenvalue weighted by molar-refractivity contribution is 5.99. The molecular formula is C15H17NO. The van der Waals surface area contributed by atoms with Crippen LogP contribution in [0.5, 0.6) is 0 Å². The van der Waals surface area contributed by atoms with Gasteiger partial charge in [-0.3, -0.25) is 4.79 Å². The molecule has 0 spiro atoms. The van der Waals surface area contributed by atoms with E-state index in [-0.39, 0.29) is 11.7 Å². The monoisotopic (exact) mass is 227 g/mol. The minimum atomic E-state index is -0.447. The fourth-order valence-electron chi connectivity index (χ4n) is 2.63. The summed E-state index contributed by atoms with van der Waals surface area (Å²) < 4.78 is 0. The first-order valence-electron chi connectivity index (χ1n) is 6.32. The van der Waals surface area contributed by atoms with Gasteiger partial charge in [0.2, 0.25) is 0 Å². The Labute approximate surface area is 102 Å². The van der Waals surface area contributed by atoms with E-state index >= 15 is 0 Å². The van der Waals surface area contributed by atoms with Crippen LogP contribution in [0.3, 0.4) is 0 Å². The smallest absolute Gasteiger partial charge is 0.180 e. The molecule has 0 N–H and O–H groups in total. The minimum absolute atomic E-state index is 0.000000000000000222. The molecule has 0 aromatic heterocycles. The third kappa shape index (κ3) is 2.74. The van der Waals surface area contributed by atoms with Crippen LogP contribution in [0, 0.1) is 23.2 Å². The van der Waals surface area contributed by atoms with Gasteiger partial charge in [0, 0.05) is 5.56 Å². The molecule has 2 nitrogen and oxygen atoms in total. The summed E-state index contributed by atoms with van der Waals surface area (Å²) in [5.74, 6) is -0.181. The van der Waals surface area contributed by atoms with Gasteiger partial charge in [-0.25, -0.2) is 0 Å². The first kappa shape index (κ1) is 11.9. The predicted molar refractivity (Wildman–Crippen MR) is 66.5 cm³/mol. The maximum absolute atomic E-state index is 12.3. The Bertz CT molecular complexity index is 412. The number of benzene rings is 1. The van der Waals surface area contributed by atoms with Crippen LogP contribution in [-0.2, 0) is 0 Å². The lowest BCUT2D eigenvalue weighted by molar-refractivity contribution is 0.0895. The number of ketones is 1. The second kappa shape index (κ2) is 5.63. The quantitative estimate of drug-likeness (QED) is 0.740. The summed E-state index contributed by atoms with van der Waals surface area (Å²) in [5, 5.41) is 9.24. The number of nitriles is 1. The van der Waals surface area contributed by atoms with Crippen molar-refractivity contribution in [1.29, 1.82) is 5.26 Å². The van der Waals surface area contributed by atoms with Crippen LogP contribution in [0.2, 0.25) is 0 Å². The van der Waals surface area contributed by atoms with Crippen molar-refractivity contribution in [3.05, 3.63) is 35.9 Å². The van der Waals surface area contributed by atoms with Gasteiger partial charge in [-0.1, -0.05) is 49.6 Å². The predicted octanol–water partition coefficient (Wildman–Crippen LogP) is 3.59. The summed E-state index contributed by atoms with van der Waals surface area (Å²) in [6.07, 6.45) is 5.61. The number of Topliss-reactive ketones (excluding diaryl/α,β-unsaturated/α-hetero) is 1. The standard InChI is InChI=1S/C15H17NO/c16-11-14(12-7-3-1-4-8-12)15(17)13-9-5-2-6-10-13/h2,5-6,9-10,12,14H,1,3-4,7-8H2. The number of rotatable bonds is 3. The molecule has 1 unspecified atom stereocenters. The van der Waals surface area contributed by atoms with Crippen LogP contribution >= 0.6 is 0 Å². The number of nitrogens with zero attached hydrogens (tertiary/aromatic N) is 1. The summed E-state index contributed by atoms with van der Waals surface area (Å²) in [6.45, 7) is 0. The van der Waals surface area contributed by atoms with E-state index in [1.165, 1.54) is 6.42 Å². The van der Waals surface area contributed by atoms with E-state index in [2.05, 4.69) is 6.07 Å². The summed E-state index contributed by atoms with van der Waals surface area (Å²) in [6, 6.07) is 11.4. The molecule has 0 bridgehead atoms. The zero-order valence-corrected chi connectivity index (χ0v) is 9.93. The van der Waals surface area contributed by atoms with Crippen molar-refractivity contribution in [3.8, 4) is 6.07 Å². The van der Waals surface area contributed by atoms with Gasteiger partial charge in [-0.2, -0.15) is 5.26 Å². The Balaban J connectivity index is 2.13. The molecule has 1 atom stereocenters. The molecule has 0 amide bonds. The molecule has 1 saturated carbocycles. The molecule has 88 valence electrons. The van der Waals surface area contributed by atoms with E-state index in [0.29, 0.717) is 5.56 Å². The molecule has 17 heavy (non-hydrogen) atoms. The van der Waals surface area contributed by atoms with Crippen LogP contribution in [0.25, 0.3) is 0 Å². The third-order valence-corrected chi connectivity index (χ3v) is 3.60. The third-order valence-electron chi connectivity index (χ3n) is 3.60. The van der Waals surface area contributed by atoms with Crippen LogP contribution < -0.4 is 0 Å². The molecule has 0 aliphatic heterocycles. The largest absolute Gasteiger partial charge is 0.293 e. The van der Waals surface area contributed by atoms with E-state index in [9.17, 15) is 10.1 Å². The Hall–Kier alpha value is -1.62. The maximum atomic E-state index is 12.3. The van der Waals surface area contributed by atoms with Crippen molar-refractivity contribution in [2.75, 3.05) is 0 Å². The van der Waals surface area contributed by atoms with Gasteiger partial charge in [0.05, 0.1) is 6.07 Å².